The Kier molecular flexibility index (Phi) is 3.30. The molecule has 0 aromatic carbocycles. The van der Waals surface area contributed by atoms with E-state index in [2.05, 4.69) is 5.32 Å². The maximum absolute atomic E-state index is 11.8. The van der Waals surface area contributed by atoms with Crippen LogP contribution < -0.4 is 11.1 Å². The van der Waals surface area contributed by atoms with Crippen molar-refractivity contribution in [1.29, 1.82) is 0 Å². The van der Waals surface area contributed by atoms with Crippen LogP contribution in [-0.4, -0.2) is 10.5 Å². The van der Waals surface area contributed by atoms with Crippen molar-refractivity contribution in [3.05, 3.63) is 33.0 Å². The Morgan fingerprint density at radius 1 is 1.71 bits per heavy atom. The third kappa shape index (κ3) is 2.40. The van der Waals surface area contributed by atoms with E-state index in [1.165, 1.54) is 11.3 Å². The molecule has 0 aliphatic carbocycles. The van der Waals surface area contributed by atoms with Crippen LogP contribution in [0.15, 0.2) is 22.8 Å². The summed E-state index contributed by atoms with van der Waals surface area (Å²) in [7, 11) is 1.73. The van der Waals surface area contributed by atoms with E-state index in [1.54, 1.807) is 30.0 Å². The minimum atomic E-state index is -0.240. The molecule has 0 spiro atoms. The molecule has 0 saturated carbocycles. The van der Waals surface area contributed by atoms with Crippen LogP contribution in [0.3, 0.4) is 0 Å². The molecule has 2 rings (SSSR count). The van der Waals surface area contributed by atoms with Gasteiger partial charge in [-0.2, -0.15) is 0 Å². The highest BCUT2D eigenvalue weighted by atomic mass is 32.1. The third-order valence-electron chi connectivity index (χ3n) is 2.27. The Balaban J connectivity index is 2.10. The molecule has 3 N–H and O–H groups in total. The molecule has 7 heteroatoms. The summed E-state index contributed by atoms with van der Waals surface area (Å²) in [6.07, 6.45) is 1.56. The lowest BCUT2D eigenvalue weighted by atomic mass is 10.4. The fourth-order valence-corrected chi connectivity index (χ4v) is 2.45. The summed E-state index contributed by atoms with van der Waals surface area (Å²) in [5.41, 5.74) is 5.78. The molecule has 2 aromatic rings. The number of anilines is 1. The van der Waals surface area contributed by atoms with E-state index < -0.39 is 0 Å². The first-order valence-electron chi connectivity index (χ1n) is 4.85. The Bertz CT molecular complexity index is 583. The molecule has 0 atom stereocenters. The van der Waals surface area contributed by atoms with E-state index in [0.717, 1.165) is 0 Å². The van der Waals surface area contributed by atoms with Crippen LogP contribution in [-0.2, 0) is 13.6 Å². The maximum Gasteiger partial charge on any atom is 0.265 e. The number of nitrogen functional groups attached to an aromatic ring is 1. The number of carbonyl (C=O) groups excluding carboxylic acids is 1. The lowest BCUT2D eigenvalue weighted by Crippen LogP contribution is -2.22. The van der Waals surface area contributed by atoms with Gasteiger partial charge in [-0.3, -0.25) is 4.79 Å². The van der Waals surface area contributed by atoms with Crippen LogP contribution in [0.25, 0.3) is 0 Å². The summed E-state index contributed by atoms with van der Waals surface area (Å²) in [5.74, 6) is 0.837. The average molecular weight is 269 g/mol. The predicted octanol–water partition coefficient (Wildman–Crippen LogP) is 1.92. The van der Waals surface area contributed by atoms with Gasteiger partial charge < -0.3 is 20.0 Å². The lowest BCUT2D eigenvalue weighted by Gasteiger charge is -2.02. The molecule has 17 heavy (non-hydrogen) atoms. The molecule has 0 radical (unpaired) electrons. The van der Waals surface area contributed by atoms with E-state index >= 15 is 0 Å². The van der Waals surface area contributed by atoms with Gasteiger partial charge in [-0.05, 0) is 24.4 Å². The Hall–Kier alpha value is -1.60. The van der Waals surface area contributed by atoms with Crippen molar-refractivity contribution in [1.82, 2.24) is 9.88 Å². The van der Waals surface area contributed by atoms with Crippen molar-refractivity contribution < 1.29 is 9.21 Å². The first-order valence-corrected chi connectivity index (χ1v) is 6.08. The number of nitrogens with two attached hydrogens (primary N) is 1. The standard InChI is InChI=1S/C10H11N3O2S2/c1-13-8(11)7(17-10(13)16)9(14)12-5-6-3-2-4-15-6/h2-4H,5,11H2,1H3,(H,12,14). The molecule has 0 unspecified atom stereocenters. The van der Waals surface area contributed by atoms with E-state index in [0.29, 0.717) is 27.0 Å². The van der Waals surface area contributed by atoms with Crippen LogP contribution in [0.2, 0.25) is 0 Å². The summed E-state index contributed by atoms with van der Waals surface area (Å²) < 4.78 is 7.30. The zero-order chi connectivity index (χ0) is 12.4. The monoisotopic (exact) mass is 269 g/mol. The number of carbonyl (C=O) groups is 1. The van der Waals surface area contributed by atoms with E-state index in [-0.39, 0.29) is 5.91 Å². The van der Waals surface area contributed by atoms with Gasteiger partial charge in [0.25, 0.3) is 5.91 Å². The van der Waals surface area contributed by atoms with Gasteiger partial charge in [0.2, 0.25) is 0 Å². The van der Waals surface area contributed by atoms with Crippen molar-refractivity contribution in [3.8, 4) is 0 Å². The molecule has 2 aromatic heterocycles. The van der Waals surface area contributed by atoms with Crippen LogP contribution in [0.1, 0.15) is 15.4 Å². The predicted molar refractivity (Wildman–Crippen MR) is 68.4 cm³/mol. The highest BCUT2D eigenvalue weighted by molar-refractivity contribution is 7.73. The second-order valence-corrected chi connectivity index (χ2v) is 5.05. The zero-order valence-electron chi connectivity index (χ0n) is 9.10. The number of aromatic nitrogens is 1. The fraction of sp³-hybridized carbons (Fsp3) is 0.200. The van der Waals surface area contributed by atoms with Gasteiger partial charge in [0.15, 0.2) is 3.95 Å². The van der Waals surface area contributed by atoms with Gasteiger partial charge in [-0.1, -0.05) is 11.3 Å². The van der Waals surface area contributed by atoms with Crippen molar-refractivity contribution in [2.75, 3.05) is 5.73 Å². The zero-order valence-corrected chi connectivity index (χ0v) is 10.7. The number of hydrogen-bond acceptors (Lipinski definition) is 5. The molecule has 2 heterocycles. The minimum absolute atomic E-state index is 0.240. The Labute approximate surface area is 107 Å². The summed E-state index contributed by atoms with van der Waals surface area (Å²) >= 11 is 6.24. The van der Waals surface area contributed by atoms with E-state index in [9.17, 15) is 4.79 Å². The van der Waals surface area contributed by atoms with Crippen LogP contribution in [0.5, 0.6) is 0 Å². The van der Waals surface area contributed by atoms with Crippen LogP contribution in [0, 0.1) is 3.95 Å². The first-order chi connectivity index (χ1) is 8.09. The number of furan rings is 1. The van der Waals surface area contributed by atoms with Gasteiger partial charge in [0.1, 0.15) is 16.5 Å². The van der Waals surface area contributed by atoms with Crippen molar-refractivity contribution >= 4 is 35.3 Å². The number of thiazole rings is 1. The van der Waals surface area contributed by atoms with Gasteiger partial charge in [-0.15, -0.1) is 0 Å². The van der Waals surface area contributed by atoms with Crippen molar-refractivity contribution in [2.45, 2.75) is 6.54 Å². The van der Waals surface area contributed by atoms with E-state index in [4.69, 9.17) is 22.4 Å². The molecule has 90 valence electrons. The second-order valence-electron chi connectivity index (χ2n) is 3.40. The summed E-state index contributed by atoms with van der Waals surface area (Å²) in [5, 5.41) is 2.72. The normalized spacial score (nSPS) is 10.4. The average Bonchev–Trinajstić information content (AvgIpc) is 2.91. The summed E-state index contributed by atoms with van der Waals surface area (Å²) in [6, 6.07) is 3.55. The highest BCUT2D eigenvalue weighted by Crippen LogP contribution is 2.20. The molecule has 0 saturated heterocycles. The highest BCUT2D eigenvalue weighted by Gasteiger charge is 2.15. The third-order valence-corrected chi connectivity index (χ3v) is 3.84. The lowest BCUT2D eigenvalue weighted by molar-refractivity contribution is 0.0952. The molecular formula is C10H11N3O2S2. The Morgan fingerprint density at radius 2 is 2.47 bits per heavy atom. The largest absolute Gasteiger partial charge is 0.467 e. The molecule has 0 fully saturated rings. The number of hydrogen-bond donors (Lipinski definition) is 2. The number of nitrogens with one attached hydrogen (secondary N) is 1. The van der Waals surface area contributed by atoms with Gasteiger partial charge in [0, 0.05) is 7.05 Å². The molecule has 0 bridgehead atoms. The van der Waals surface area contributed by atoms with Gasteiger partial charge >= 0.3 is 0 Å². The quantitative estimate of drug-likeness (QED) is 0.835. The van der Waals surface area contributed by atoms with Gasteiger partial charge in [0.05, 0.1) is 12.8 Å². The number of nitrogens with zero attached hydrogens (tertiary/aromatic N) is 1. The first kappa shape index (κ1) is 11.9. The minimum Gasteiger partial charge on any atom is -0.467 e. The Morgan fingerprint density at radius 3 is 3.00 bits per heavy atom. The molecule has 0 aliphatic rings. The summed E-state index contributed by atoms with van der Waals surface area (Å²) in [4.78, 5) is 12.3. The number of rotatable bonds is 3. The fourth-order valence-electron chi connectivity index (χ4n) is 1.28. The smallest absolute Gasteiger partial charge is 0.265 e. The second kappa shape index (κ2) is 4.72. The number of amides is 1. The molecule has 0 aliphatic heterocycles. The maximum atomic E-state index is 11.8. The topological polar surface area (TPSA) is 73.2 Å². The summed E-state index contributed by atoms with van der Waals surface area (Å²) in [6.45, 7) is 0.333. The van der Waals surface area contributed by atoms with Crippen LogP contribution in [0.4, 0.5) is 5.82 Å². The van der Waals surface area contributed by atoms with Gasteiger partial charge in [-0.25, -0.2) is 0 Å². The SMILES string of the molecule is Cn1c(N)c(C(=O)NCc2ccco2)sc1=S. The van der Waals surface area contributed by atoms with Crippen LogP contribution >= 0.6 is 23.6 Å². The molecular weight excluding hydrogens is 258 g/mol. The van der Waals surface area contributed by atoms with E-state index in [1.807, 2.05) is 0 Å². The van der Waals surface area contributed by atoms with Crippen molar-refractivity contribution in [2.24, 2.45) is 7.05 Å². The van der Waals surface area contributed by atoms with Crippen molar-refractivity contribution in [3.63, 3.8) is 0 Å². The molecule has 1 amide bonds. The molecule has 5 nitrogen and oxygen atoms in total.